The monoisotopic (exact) mass is 254 g/mol. The van der Waals surface area contributed by atoms with Gasteiger partial charge in [0, 0.05) is 12.0 Å². The average Bonchev–Trinajstić information content (AvgIpc) is 2.65. The smallest absolute Gasteiger partial charge is 0.414 e. The minimum absolute atomic E-state index is 0.325. The Hall–Kier alpha value is -1.52. The van der Waals surface area contributed by atoms with E-state index in [4.69, 9.17) is 9.26 Å². The fourth-order valence-electron chi connectivity index (χ4n) is 1.65. The first-order chi connectivity index (χ1) is 8.35. The normalized spacial score (nSPS) is 11.7. The van der Waals surface area contributed by atoms with Crippen molar-refractivity contribution in [2.75, 3.05) is 5.32 Å². The van der Waals surface area contributed by atoms with Crippen molar-refractivity contribution < 1.29 is 14.1 Å². The van der Waals surface area contributed by atoms with Gasteiger partial charge in [0.25, 0.3) is 0 Å². The van der Waals surface area contributed by atoms with Crippen LogP contribution in [0.2, 0.25) is 0 Å². The molecule has 1 amide bonds. The highest BCUT2D eigenvalue weighted by molar-refractivity contribution is 5.83. The van der Waals surface area contributed by atoms with Crippen LogP contribution in [0.5, 0.6) is 0 Å². The molecule has 0 bridgehead atoms. The summed E-state index contributed by atoms with van der Waals surface area (Å²) in [6.07, 6.45) is 1.46. The summed E-state index contributed by atoms with van der Waals surface area (Å²) in [5, 5.41) is 6.49. The molecule has 1 aromatic heterocycles. The number of amides is 1. The van der Waals surface area contributed by atoms with Crippen molar-refractivity contribution in [1.29, 1.82) is 0 Å². The van der Waals surface area contributed by atoms with Gasteiger partial charge in [0.1, 0.15) is 5.60 Å². The first-order valence-electron chi connectivity index (χ1n) is 6.32. The summed E-state index contributed by atoms with van der Waals surface area (Å²) < 4.78 is 10.2. The van der Waals surface area contributed by atoms with Gasteiger partial charge in [0.05, 0.1) is 5.69 Å². The predicted octanol–water partition coefficient (Wildman–Crippen LogP) is 3.93. The van der Waals surface area contributed by atoms with E-state index < -0.39 is 11.7 Å². The summed E-state index contributed by atoms with van der Waals surface area (Å²) in [5.74, 6) is 0.689. The zero-order chi connectivity index (χ0) is 13.8. The molecule has 1 rings (SSSR count). The predicted molar refractivity (Wildman–Crippen MR) is 69.7 cm³/mol. The molecule has 18 heavy (non-hydrogen) atoms. The van der Waals surface area contributed by atoms with E-state index in [0.29, 0.717) is 11.8 Å². The molecule has 102 valence electrons. The maximum Gasteiger partial charge on any atom is 0.414 e. The summed E-state index contributed by atoms with van der Waals surface area (Å²) in [6.45, 7) is 9.63. The van der Waals surface area contributed by atoms with Crippen molar-refractivity contribution in [3.8, 4) is 0 Å². The van der Waals surface area contributed by atoms with E-state index in [-0.39, 0.29) is 0 Å². The van der Waals surface area contributed by atoms with Crippen LogP contribution in [0.3, 0.4) is 0 Å². The molecule has 0 saturated carbocycles. The Morgan fingerprint density at radius 1 is 1.44 bits per heavy atom. The number of carbonyl (C=O) groups excluding carboxylic acids is 1. The van der Waals surface area contributed by atoms with Gasteiger partial charge in [-0.1, -0.05) is 19.0 Å². The number of rotatable bonds is 4. The molecule has 1 N–H and O–H groups in total. The molecule has 0 aliphatic carbocycles. The lowest BCUT2D eigenvalue weighted by Crippen LogP contribution is -2.27. The van der Waals surface area contributed by atoms with E-state index in [2.05, 4.69) is 24.3 Å². The van der Waals surface area contributed by atoms with Gasteiger partial charge in [-0.05, 0) is 33.6 Å². The summed E-state index contributed by atoms with van der Waals surface area (Å²) in [4.78, 5) is 11.5. The standard InChI is InChI=1S/C13H22N2O3/c1-6-9(7-2)10-8-11(18-15-10)14-12(16)17-13(3,4)5/h8-9H,6-7H2,1-5H3,(H,14,16). The van der Waals surface area contributed by atoms with Crippen LogP contribution in [-0.4, -0.2) is 16.9 Å². The third kappa shape index (κ3) is 4.39. The van der Waals surface area contributed by atoms with Crippen LogP contribution in [0.25, 0.3) is 0 Å². The molecule has 0 atom stereocenters. The molecule has 0 aromatic carbocycles. The maximum atomic E-state index is 11.5. The quantitative estimate of drug-likeness (QED) is 0.884. The lowest BCUT2D eigenvalue weighted by Gasteiger charge is -2.18. The number of hydrogen-bond donors (Lipinski definition) is 1. The Labute approximate surface area is 108 Å². The van der Waals surface area contributed by atoms with E-state index in [9.17, 15) is 4.79 Å². The number of nitrogens with one attached hydrogen (secondary N) is 1. The molecule has 0 aliphatic rings. The molecular weight excluding hydrogens is 232 g/mol. The number of anilines is 1. The summed E-state index contributed by atoms with van der Waals surface area (Å²) >= 11 is 0. The molecule has 0 radical (unpaired) electrons. The van der Waals surface area contributed by atoms with Crippen molar-refractivity contribution in [2.24, 2.45) is 0 Å². The molecule has 0 unspecified atom stereocenters. The van der Waals surface area contributed by atoms with Gasteiger partial charge in [0.2, 0.25) is 5.88 Å². The van der Waals surface area contributed by atoms with E-state index in [1.807, 2.05) is 20.8 Å². The SMILES string of the molecule is CCC(CC)c1cc(NC(=O)OC(C)(C)C)on1. The molecule has 0 spiro atoms. The Kier molecular flexibility index (Phi) is 4.76. The molecule has 0 saturated heterocycles. The maximum absolute atomic E-state index is 11.5. The van der Waals surface area contributed by atoms with Crippen molar-refractivity contribution in [3.05, 3.63) is 11.8 Å². The molecule has 0 aliphatic heterocycles. The number of ether oxygens (including phenoxy) is 1. The number of nitrogens with zero attached hydrogens (tertiary/aromatic N) is 1. The zero-order valence-corrected chi connectivity index (χ0v) is 11.7. The first-order valence-corrected chi connectivity index (χ1v) is 6.32. The van der Waals surface area contributed by atoms with E-state index in [0.717, 1.165) is 18.5 Å². The van der Waals surface area contributed by atoms with E-state index in [1.165, 1.54) is 0 Å². The van der Waals surface area contributed by atoms with Crippen LogP contribution in [0.1, 0.15) is 59.1 Å². The van der Waals surface area contributed by atoms with Crippen molar-refractivity contribution >= 4 is 12.0 Å². The minimum Gasteiger partial charge on any atom is -0.444 e. The minimum atomic E-state index is -0.533. The van der Waals surface area contributed by atoms with Crippen LogP contribution in [0, 0.1) is 0 Å². The van der Waals surface area contributed by atoms with Gasteiger partial charge < -0.3 is 9.26 Å². The number of carbonyl (C=O) groups is 1. The van der Waals surface area contributed by atoms with Gasteiger partial charge in [-0.15, -0.1) is 0 Å². The second kappa shape index (κ2) is 5.89. The molecule has 5 nitrogen and oxygen atoms in total. The highest BCUT2D eigenvalue weighted by Crippen LogP contribution is 2.24. The Balaban J connectivity index is 2.61. The van der Waals surface area contributed by atoms with Crippen molar-refractivity contribution in [3.63, 3.8) is 0 Å². The third-order valence-electron chi connectivity index (χ3n) is 2.56. The van der Waals surface area contributed by atoms with Crippen LogP contribution in [0.4, 0.5) is 10.7 Å². The topological polar surface area (TPSA) is 64.4 Å². The van der Waals surface area contributed by atoms with E-state index >= 15 is 0 Å². The lowest BCUT2D eigenvalue weighted by molar-refractivity contribution is 0.0631. The molecule has 5 heteroatoms. The Morgan fingerprint density at radius 2 is 2.06 bits per heavy atom. The molecular formula is C13H22N2O3. The number of aromatic nitrogens is 1. The highest BCUT2D eigenvalue weighted by atomic mass is 16.6. The summed E-state index contributed by atoms with van der Waals surface area (Å²) in [5.41, 5.74) is 0.341. The van der Waals surface area contributed by atoms with Gasteiger partial charge in [0.15, 0.2) is 0 Å². The fraction of sp³-hybridized carbons (Fsp3) is 0.692. The van der Waals surface area contributed by atoms with Crippen LogP contribution in [0.15, 0.2) is 10.6 Å². The second-order valence-electron chi connectivity index (χ2n) is 5.26. The molecule has 0 fully saturated rings. The largest absolute Gasteiger partial charge is 0.444 e. The van der Waals surface area contributed by atoms with Gasteiger partial charge >= 0.3 is 6.09 Å². The van der Waals surface area contributed by atoms with Crippen LogP contribution in [-0.2, 0) is 4.74 Å². The van der Waals surface area contributed by atoms with Crippen LogP contribution < -0.4 is 5.32 Å². The third-order valence-corrected chi connectivity index (χ3v) is 2.56. The van der Waals surface area contributed by atoms with E-state index in [1.54, 1.807) is 6.07 Å². The zero-order valence-electron chi connectivity index (χ0n) is 11.7. The summed E-state index contributed by atoms with van der Waals surface area (Å²) in [6, 6.07) is 1.75. The van der Waals surface area contributed by atoms with Gasteiger partial charge in [-0.2, -0.15) is 0 Å². The lowest BCUT2D eigenvalue weighted by atomic mass is 10.00. The summed E-state index contributed by atoms with van der Waals surface area (Å²) in [7, 11) is 0. The fourth-order valence-corrected chi connectivity index (χ4v) is 1.65. The van der Waals surface area contributed by atoms with Crippen molar-refractivity contribution in [2.45, 2.75) is 59.0 Å². The van der Waals surface area contributed by atoms with Gasteiger partial charge in [-0.25, -0.2) is 4.79 Å². The number of hydrogen-bond acceptors (Lipinski definition) is 4. The molecule has 1 aromatic rings. The Morgan fingerprint density at radius 3 is 2.56 bits per heavy atom. The average molecular weight is 254 g/mol. The van der Waals surface area contributed by atoms with Crippen molar-refractivity contribution in [1.82, 2.24) is 5.16 Å². The molecule has 1 heterocycles. The Bertz CT molecular complexity index is 389. The second-order valence-corrected chi connectivity index (χ2v) is 5.26. The first kappa shape index (κ1) is 14.5. The van der Waals surface area contributed by atoms with Crippen LogP contribution >= 0.6 is 0 Å². The van der Waals surface area contributed by atoms with Gasteiger partial charge in [-0.3, -0.25) is 5.32 Å². The highest BCUT2D eigenvalue weighted by Gasteiger charge is 2.19.